The maximum absolute atomic E-state index is 6.21. The van der Waals surface area contributed by atoms with Gasteiger partial charge in [-0.15, -0.1) is 0 Å². The zero-order valence-electron chi connectivity index (χ0n) is 12.0. The van der Waals surface area contributed by atoms with Gasteiger partial charge < -0.3 is 10.5 Å². The maximum atomic E-state index is 6.21. The standard InChI is InChI=1S/C16H22N2OS/c1-10-5-2-3-8-14(10)19-16-12(15(17)20)9-11-6-4-7-13(11)18-16/h9-10,14H,2-8H2,1H3,(H2,17,20). The molecule has 0 amide bonds. The first kappa shape index (κ1) is 13.8. The Morgan fingerprint density at radius 2 is 2.10 bits per heavy atom. The van der Waals surface area contributed by atoms with Crippen LogP contribution in [0.25, 0.3) is 0 Å². The zero-order valence-corrected chi connectivity index (χ0v) is 12.8. The van der Waals surface area contributed by atoms with Crippen molar-refractivity contribution in [3.63, 3.8) is 0 Å². The Labute approximate surface area is 125 Å². The SMILES string of the molecule is CC1CCCCC1Oc1nc2c(cc1C(N)=S)CCC2. The summed E-state index contributed by atoms with van der Waals surface area (Å²) in [4.78, 5) is 5.11. The van der Waals surface area contributed by atoms with Crippen LogP contribution in [-0.4, -0.2) is 16.1 Å². The summed E-state index contributed by atoms with van der Waals surface area (Å²) < 4.78 is 6.21. The van der Waals surface area contributed by atoms with Gasteiger partial charge in [0.15, 0.2) is 0 Å². The summed E-state index contributed by atoms with van der Waals surface area (Å²) in [6, 6.07) is 2.10. The van der Waals surface area contributed by atoms with Crippen molar-refractivity contribution in [2.24, 2.45) is 11.7 Å². The van der Waals surface area contributed by atoms with Gasteiger partial charge in [-0.2, -0.15) is 0 Å². The molecule has 1 aromatic rings. The summed E-state index contributed by atoms with van der Waals surface area (Å²) >= 11 is 5.18. The molecule has 1 aromatic heterocycles. The van der Waals surface area contributed by atoms with Gasteiger partial charge in [0, 0.05) is 5.69 Å². The van der Waals surface area contributed by atoms with E-state index in [1.165, 1.54) is 36.9 Å². The van der Waals surface area contributed by atoms with Crippen LogP contribution in [0, 0.1) is 5.92 Å². The van der Waals surface area contributed by atoms with Crippen molar-refractivity contribution in [1.82, 2.24) is 4.98 Å². The van der Waals surface area contributed by atoms with Crippen molar-refractivity contribution in [1.29, 1.82) is 0 Å². The predicted octanol–water partition coefficient (Wildman–Crippen LogP) is 3.16. The Bertz CT molecular complexity index is 529. The molecule has 0 aliphatic heterocycles. The van der Waals surface area contributed by atoms with E-state index in [0.29, 0.717) is 16.8 Å². The summed E-state index contributed by atoms with van der Waals surface area (Å²) in [5, 5.41) is 0. The van der Waals surface area contributed by atoms with Gasteiger partial charge in [-0.05, 0) is 56.1 Å². The molecule has 1 saturated carbocycles. The van der Waals surface area contributed by atoms with E-state index in [1.807, 2.05) is 0 Å². The first-order chi connectivity index (χ1) is 9.65. The van der Waals surface area contributed by atoms with Gasteiger partial charge in [0.1, 0.15) is 11.1 Å². The van der Waals surface area contributed by atoms with Crippen molar-refractivity contribution in [3.05, 3.63) is 22.9 Å². The van der Waals surface area contributed by atoms with Crippen molar-refractivity contribution >= 4 is 17.2 Å². The van der Waals surface area contributed by atoms with E-state index in [0.717, 1.165) is 24.8 Å². The van der Waals surface area contributed by atoms with Crippen LogP contribution < -0.4 is 10.5 Å². The van der Waals surface area contributed by atoms with E-state index >= 15 is 0 Å². The van der Waals surface area contributed by atoms with Crippen LogP contribution in [0.1, 0.15) is 55.8 Å². The van der Waals surface area contributed by atoms with Gasteiger partial charge >= 0.3 is 0 Å². The number of aromatic nitrogens is 1. The van der Waals surface area contributed by atoms with Crippen molar-refractivity contribution in [2.45, 2.75) is 58.0 Å². The molecule has 0 radical (unpaired) electrons. The largest absolute Gasteiger partial charge is 0.474 e. The average Bonchev–Trinajstić information content (AvgIpc) is 2.87. The van der Waals surface area contributed by atoms with Gasteiger partial charge in [0.25, 0.3) is 0 Å². The highest BCUT2D eigenvalue weighted by molar-refractivity contribution is 7.80. The molecule has 0 aromatic carbocycles. The number of ether oxygens (including phenoxy) is 1. The summed E-state index contributed by atoms with van der Waals surface area (Å²) in [6.45, 7) is 2.26. The minimum atomic E-state index is 0.254. The second-order valence-corrected chi connectivity index (χ2v) is 6.52. The first-order valence-electron chi connectivity index (χ1n) is 7.64. The third-order valence-electron chi connectivity index (χ3n) is 4.58. The van der Waals surface area contributed by atoms with Crippen molar-refractivity contribution in [2.75, 3.05) is 0 Å². The van der Waals surface area contributed by atoms with Gasteiger partial charge in [-0.3, -0.25) is 0 Å². The lowest BCUT2D eigenvalue weighted by Gasteiger charge is -2.29. The monoisotopic (exact) mass is 290 g/mol. The number of hydrogen-bond donors (Lipinski definition) is 1. The molecule has 2 aliphatic carbocycles. The summed E-state index contributed by atoms with van der Waals surface area (Å²) in [5.74, 6) is 1.25. The van der Waals surface area contributed by atoms with E-state index in [9.17, 15) is 0 Å². The summed E-state index contributed by atoms with van der Waals surface area (Å²) in [7, 11) is 0. The number of hydrogen-bond acceptors (Lipinski definition) is 3. The molecular weight excluding hydrogens is 268 g/mol. The molecule has 1 fully saturated rings. The third kappa shape index (κ3) is 2.66. The highest BCUT2D eigenvalue weighted by atomic mass is 32.1. The lowest BCUT2D eigenvalue weighted by atomic mass is 9.88. The number of fused-ring (bicyclic) bond motifs is 1. The average molecular weight is 290 g/mol. The second-order valence-electron chi connectivity index (χ2n) is 6.08. The van der Waals surface area contributed by atoms with Crippen LogP contribution in [-0.2, 0) is 12.8 Å². The molecule has 0 saturated heterocycles. The summed E-state index contributed by atoms with van der Waals surface area (Å²) in [5.41, 5.74) is 9.14. The summed E-state index contributed by atoms with van der Waals surface area (Å²) in [6.07, 6.45) is 8.44. The molecule has 3 rings (SSSR count). The molecular formula is C16H22N2OS. The lowest BCUT2D eigenvalue weighted by Crippen LogP contribution is -2.29. The highest BCUT2D eigenvalue weighted by Gasteiger charge is 2.26. The topological polar surface area (TPSA) is 48.1 Å². The molecule has 20 heavy (non-hydrogen) atoms. The molecule has 3 nitrogen and oxygen atoms in total. The Balaban J connectivity index is 1.89. The Hall–Kier alpha value is -1.16. The molecule has 0 spiro atoms. The van der Waals surface area contributed by atoms with Gasteiger partial charge in [0.2, 0.25) is 5.88 Å². The van der Waals surface area contributed by atoms with Crippen LogP contribution in [0.5, 0.6) is 5.88 Å². The van der Waals surface area contributed by atoms with Crippen LogP contribution in [0.4, 0.5) is 0 Å². The smallest absolute Gasteiger partial charge is 0.224 e. The molecule has 2 N–H and O–H groups in total. The number of pyridine rings is 1. The van der Waals surface area contributed by atoms with E-state index < -0.39 is 0 Å². The van der Waals surface area contributed by atoms with Crippen LogP contribution in [0.3, 0.4) is 0 Å². The minimum absolute atomic E-state index is 0.254. The molecule has 4 heteroatoms. The van der Waals surface area contributed by atoms with Crippen molar-refractivity contribution in [3.8, 4) is 5.88 Å². The first-order valence-corrected chi connectivity index (χ1v) is 8.05. The van der Waals surface area contributed by atoms with E-state index in [2.05, 4.69) is 13.0 Å². The fourth-order valence-corrected chi connectivity index (χ4v) is 3.47. The van der Waals surface area contributed by atoms with Crippen molar-refractivity contribution < 1.29 is 4.74 Å². The van der Waals surface area contributed by atoms with E-state index in [-0.39, 0.29) is 6.10 Å². The molecule has 2 aliphatic rings. The van der Waals surface area contributed by atoms with E-state index in [1.54, 1.807) is 0 Å². The second kappa shape index (κ2) is 5.68. The highest BCUT2D eigenvalue weighted by Crippen LogP contribution is 2.31. The Kier molecular flexibility index (Phi) is 3.92. The molecule has 2 atom stereocenters. The number of rotatable bonds is 3. The quantitative estimate of drug-likeness (QED) is 0.869. The zero-order chi connectivity index (χ0) is 14.1. The fourth-order valence-electron chi connectivity index (χ4n) is 3.32. The minimum Gasteiger partial charge on any atom is -0.474 e. The van der Waals surface area contributed by atoms with Crippen LogP contribution in [0.15, 0.2) is 6.07 Å². The number of nitrogens with two attached hydrogens (primary N) is 1. The number of nitrogens with zero attached hydrogens (tertiary/aromatic N) is 1. The Morgan fingerprint density at radius 3 is 2.85 bits per heavy atom. The van der Waals surface area contributed by atoms with Gasteiger partial charge in [0.05, 0.1) is 5.56 Å². The predicted molar refractivity (Wildman–Crippen MR) is 84.2 cm³/mol. The molecule has 2 unspecified atom stereocenters. The van der Waals surface area contributed by atoms with E-state index in [4.69, 9.17) is 27.7 Å². The van der Waals surface area contributed by atoms with Gasteiger partial charge in [-0.1, -0.05) is 25.6 Å². The molecule has 108 valence electrons. The maximum Gasteiger partial charge on any atom is 0.224 e. The molecule has 0 bridgehead atoms. The lowest BCUT2D eigenvalue weighted by molar-refractivity contribution is 0.0972. The number of aryl methyl sites for hydroxylation is 2. The Morgan fingerprint density at radius 1 is 1.30 bits per heavy atom. The third-order valence-corrected chi connectivity index (χ3v) is 4.80. The van der Waals surface area contributed by atoms with Gasteiger partial charge in [-0.25, -0.2) is 4.98 Å². The van der Waals surface area contributed by atoms with Crippen LogP contribution >= 0.6 is 12.2 Å². The normalized spacial score (nSPS) is 25.2. The fraction of sp³-hybridized carbons (Fsp3) is 0.625. The van der Waals surface area contributed by atoms with Crippen LogP contribution in [0.2, 0.25) is 0 Å². The number of thiocarbonyl (C=S) groups is 1. The molecule has 1 heterocycles.